The summed E-state index contributed by atoms with van der Waals surface area (Å²) in [7, 11) is 0. The van der Waals surface area contributed by atoms with E-state index in [1.54, 1.807) is 0 Å². The maximum Gasteiger partial charge on any atom is 0.0794 e. The van der Waals surface area contributed by atoms with Crippen LogP contribution in [-0.4, -0.2) is 9.97 Å². The monoisotopic (exact) mass is 670 g/mol. The highest BCUT2D eigenvalue weighted by Gasteiger charge is 2.19. The first-order valence-electron chi connectivity index (χ1n) is 18.1. The molecule has 2 nitrogen and oxygen atoms in total. The van der Waals surface area contributed by atoms with Crippen molar-refractivity contribution >= 4 is 77.0 Å². The number of hydrogen-bond acceptors (Lipinski definition) is 2. The average Bonchev–Trinajstić information content (AvgIpc) is 3.48. The molecule has 244 valence electrons. The average molecular weight is 671 g/mol. The molecule has 2 heteroatoms. The van der Waals surface area contributed by atoms with Crippen LogP contribution in [0.5, 0.6) is 0 Å². The third-order valence-electron chi connectivity index (χ3n) is 10.9. The zero-order chi connectivity index (χ0) is 34.9. The van der Waals surface area contributed by atoms with Crippen molar-refractivity contribution in [1.29, 1.82) is 0 Å². The lowest BCUT2D eigenvalue weighted by Gasteiger charge is -2.17. The highest BCUT2D eigenvalue weighted by Crippen LogP contribution is 2.44. The van der Waals surface area contributed by atoms with Gasteiger partial charge in [0, 0.05) is 38.9 Å². The molecular weight excluding hydrogens is 641 g/mol. The molecule has 0 amide bonds. The molecule has 0 unspecified atom stereocenters. The molecule has 0 saturated carbocycles. The fourth-order valence-electron chi connectivity index (χ4n) is 8.59. The Labute approximate surface area is 306 Å². The molecular formula is C51H30N2. The van der Waals surface area contributed by atoms with Gasteiger partial charge in [0.15, 0.2) is 0 Å². The van der Waals surface area contributed by atoms with Crippen LogP contribution in [-0.2, 0) is 0 Å². The van der Waals surface area contributed by atoms with Gasteiger partial charge in [-0.25, -0.2) is 4.98 Å². The highest BCUT2D eigenvalue weighted by atomic mass is 14.7. The number of para-hydroxylation sites is 1. The second kappa shape index (κ2) is 11.7. The van der Waals surface area contributed by atoms with Crippen molar-refractivity contribution in [3.8, 4) is 33.5 Å². The van der Waals surface area contributed by atoms with Crippen LogP contribution in [0.4, 0.5) is 0 Å². The molecule has 0 bridgehead atoms. The first-order valence-corrected chi connectivity index (χ1v) is 18.1. The lowest BCUT2D eigenvalue weighted by atomic mass is 9.87. The maximum absolute atomic E-state index is 5.43. The predicted molar refractivity (Wildman–Crippen MR) is 225 cm³/mol. The van der Waals surface area contributed by atoms with E-state index in [4.69, 9.17) is 9.97 Å². The predicted octanol–water partition coefficient (Wildman–Crippen LogP) is 13.6. The second-order valence-corrected chi connectivity index (χ2v) is 13.8. The standard InChI is InChI=1S/C51H30N2/c1-2-14-33-31-46(44-25-13-29-52-51(44)36(33)17-3-1)41-28-27-35(37-18-4-5-19-38(37)41)32-15-12-16-34(30-32)50-49-43-23-9-7-21-40(43)39-20-6-8-22-42(39)48(49)45-24-10-11-26-47(45)53-50/h1-2,4-31H. The van der Waals surface area contributed by atoms with Crippen LogP contribution in [0, 0.1) is 0 Å². The zero-order valence-electron chi connectivity index (χ0n) is 28.7. The van der Waals surface area contributed by atoms with E-state index in [0.717, 1.165) is 44.4 Å². The van der Waals surface area contributed by atoms with E-state index in [9.17, 15) is 0 Å². The topological polar surface area (TPSA) is 25.8 Å². The van der Waals surface area contributed by atoms with Crippen LogP contribution < -0.4 is 0 Å². The van der Waals surface area contributed by atoms with Gasteiger partial charge < -0.3 is 0 Å². The first-order chi connectivity index (χ1) is 26.3. The van der Waals surface area contributed by atoms with Crippen LogP contribution in [0.1, 0.15) is 11.1 Å². The Bertz CT molecular complexity index is 3270. The summed E-state index contributed by atoms with van der Waals surface area (Å²) in [6.07, 6.45) is 10.1. The Morgan fingerprint density at radius 1 is 0.453 bits per heavy atom. The van der Waals surface area contributed by atoms with E-state index >= 15 is 0 Å². The molecule has 2 aromatic heterocycles. The molecule has 0 spiro atoms. The van der Waals surface area contributed by atoms with Gasteiger partial charge in [-0.3, -0.25) is 4.98 Å². The van der Waals surface area contributed by atoms with E-state index < -0.39 is 0 Å². The third-order valence-corrected chi connectivity index (χ3v) is 10.9. The van der Waals surface area contributed by atoms with Gasteiger partial charge in [0.05, 0.1) is 16.7 Å². The number of allylic oxidation sites excluding steroid dienone is 2. The van der Waals surface area contributed by atoms with Crippen molar-refractivity contribution in [2.24, 2.45) is 0 Å². The van der Waals surface area contributed by atoms with Gasteiger partial charge >= 0.3 is 0 Å². The summed E-state index contributed by atoms with van der Waals surface area (Å²) < 4.78 is 0. The number of fused-ring (bicyclic) bond motifs is 12. The maximum atomic E-state index is 5.43. The molecule has 0 aliphatic heterocycles. The minimum Gasteiger partial charge on any atom is -0.256 e. The Morgan fingerprint density at radius 2 is 1.09 bits per heavy atom. The van der Waals surface area contributed by atoms with Crippen molar-refractivity contribution in [3.63, 3.8) is 0 Å². The van der Waals surface area contributed by atoms with Crippen molar-refractivity contribution in [1.82, 2.24) is 9.97 Å². The molecule has 0 fully saturated rings. The van der Waals surface area contributed by atoms with Crippen LogP contribution >= 0.6 is 0 Å². The van der Waals surface area contributed by atoms with Crippen molar-refractivity contribution in [2.45, 2.75) is 0 Å². The summed E-state index contributed by atoms with van der Waals surface area (Å²) >= 11 is 0. The van der Waals surface area contributed by atoms with Crippen LogP contribution in [0.15, 0.2) is 176 Å². The van der Waals surface area contributed by atoms with Crippen LogP contribution in [0.2, 0.25) is 0 Å². The van der Waals surface area contributed by atoms with Crippen molar-refractivity contribution in [3.05, 3.63) is 187 Å². The van der Waals surface area contributed by atoms with Crippen LogP contribution in [0.25, 0.3) is 111 Å². The number of hydrogen-bond donors (Lipinski definition) is 0. The summed E-state index contributed by atoms with van der Waals surface area (Å²) in [6.45, 7) is 0. The molecule has 1 aliphatic rings. The first kappa shape index (κ1) is 29.6. The molecule has 0 radical (unpaired) electrons. The number of pyridine rings is 2. The Kier molecular flexibility index (Phi) is 6.54. The minimum atomic E-state index is 0.990. The number of nitrogens with zero attached hydrogens (tertiary/aromatic N) is 2. The Balaban J connectivity index is 1.15. The smallest absolute Gasteiger partial charge is 0.0794 e. The molecule has 0 saturated heterocycles. The van der Waals surface area contributed by atoms with E-state index in [0.29, 0.717) is 0 Å². The van der Waals surface area contributed by atoms with Crippen molar-refractivity contribution in [2.75, 3.05) is 0 Å². The SMILES string of the molecule is C1=CC=Cc2cc(-c3ccc(-c4cccc(-c5nc6ccccc6c6c7ccccc7c7ccccc7c56)c4)c4ccccc34)c3cccnc3c2C=1. The van der Waals surface area contributed by atoms with Gasteiger partial charge in [0.2, 0.25) is 0 Å². The van der Waals surface area contributed by atoms with E-state index in [-0.39, 0.29) is 0 Å². The molecule has 1 aliphatic carbocycles. The molecule has 2 heterocycles. The van der Waals surface area contributed by atoms with Crippen molar-refractivity contribution < 1.29 is 0 Å². The molecule has 53 heavy (non-hydrogen) atoms. The van der Waals surface area contributed by atoms with E-state index in [2.05, 4.69) is 157 Å². The molecule has 0 atom stereocenters. The van der Waals surface area contributed by atoms with E-state index in [1.807, 2.05) is 30.5 Å². The molecule has 0 N–H and O–H groups in total. The molecule has 10 aromatic rings. The summed E-state index contributed by atoms with van der Waals surface area (Å²) in [5.74, 6) is 0. The second-order valence-electron chi connectivity index (χ2n) is 13.8. The van der Waals surface area contributed by atoms with Gasteiger partial charge in [0.25, 0.3) is 0 Å². The number of rotatable bonds is 3. The largest absolute Gasteiger partial charge is 0.256 e. The van der Waals surface area contributed by atoms with Gasteiger partial charge in [0.1, 0.15) is 0 Å². The summed E-state index contributed by atoms with van der Waals surface area (Å²) in [6, 6.07) is 55.0. The Hall–Kier alpha value is -7.12. The molecule has 8 aromatic carbocycles. The van der Waals surface area contributed by atoms with E-state index in [1.165, 1.54) is 65.2 Å². The zero-order valence-corrected chi connectivity index (χ0v) is 28.7. The summed E-state index contributed by atoms with van der Waals surface area (Å²) in [4.78, 5) is 10.3. The van der Waals surface area contributed by atoms with Gasteiger partial charge in [-0.1, -0.05) is 140 Å². The fourth-order valence-corrected chi connectivity index (χ4v) is 8.59. The minimum absolute atomic E-state index is 0.990. The fraction of sp³-hybridized carbons (Fsp3) is 0. The van der Waals surface area contributed by atoms with Gasteiger partial charge in [-0.2, -0.15) is 0 Å². The van der Waals surface area contributed by atoms with Gasteiger partial charge in [-0.15, -0.1) is 5.73 Å². The summed E-state index contributed by atoms with van der Waals surface area (Å²) in [5.41, 5.74) is 14.3. The normalized spacial score (nSPS) is 12.4. The molecule has 11 rings (SSSR count). The van der Waals surface area contributed by atoms with Crippen LogP contribution in [0.3, 0.4) is 0 Å². The number of benzene rings is 8. The third kappa shape index (κ3) is 4.54. The Morgan fingerprint density at radius 3 is 1.91 bits per heavy atom. The lowest BCUT2D eigenvalue weighted by Crippen LogP contribution is -1.94. The lowest BCUT2D eigenvalue weighted by molar-refractivity contribution is 1.40. The quantitative estimate of drug-likeness (QED) is 0.138. The highest BCUT2D eigenvalue weighted by molar-refractivity contribution is 6.33. The van der Waals surface area contributed by atoms with Gasteiger partial charge in [-0.05, 0) is 96.6 Å². The number of aromatic nitrogens is 2. The summed E-state index contributed by atoms with van der Waals surface area (Å²) in [5, 5.41) is 12.2.